The molecule has 37 heavy (non-hydrogen) atoms. The molecule has 0 bridgehead atoms. The number of ether oxygens (including phenoxy) is 1. The van der Waals surface area contributed by atoms with E-state index in [2.05, 4.69) is 4.52 Å². The normalized spacial score (nSPS) is 20.7. The minimum Gasteiger partial charge on any atom is -0.506 e. The summed E-state index contributed by atoms with van der Waals surface area (Å²) in [7, 11) is -12.8. The van der Waals surface area contributed by atoms with Crippen molar-refractivity contribution in [1.29, 1.82) is 0 Å². The van der Waals surface area contributed by atoms with Crippen LogP contribution in [0.3, 0.4) is 0 Å². The first-order chi connectivity index (χ1) is 16.9. The minimum absolute atomic E-state index is 0.104. The van der Waals surface area contributed by atoms with E-state index in [0.717, 1.165) is 12.1 Å². The number of alkyl halides is 4. The zero-order valence-corrected chi connectivity index (χ0v) is 19.9. The fraction of sp³-hybridized carbons (Fsp3) is 0.333. The third-order valence-corrected chi connectivity index (χ3v) is 8.51. The molecular formula is C18H18F4N2O11P2. The van der Waals surface area contributed by atoms with Gasteiger partial charge in [-0.15, -0.1) is 0 Å². The Balaban J connectivity index is 1.87. The van der Waals surface area contributed by atoms with Crippen LogP contribution in [0.5, 0.6) is 0 Å². The van der Waals surface area contributed by atoms with E-state index in [1.54, 1.807) is 0 Å². The van der Waals surface area contributed by atoms with E-state index < -0.39 is 80.3 Å². The fourth-order valence-electron chi connectivity index (χ4n) is 3.13. The van der Waals surface area contributed by atoms with Crippen molar-refractivity contribution >= 4 is 15.2 Å². The van der Waals surface area contributed by atoms with Crippen molar-refractivity contribution < 1.29 is 60.8 Å². The monoisotopic (exact) mass is 576 g/mol. The van der Waals surface area contributed by atoms with Crippen molar-refractivity contribution in [2.45, 2.75) is 30.2 Å². The first kappa shape index (κ1) is 28.8. The molecule has 3 atom stereocenters. The van der Waals surface area contributed by atoms with Gasteiger partial charge < -0.3 is 34.2 Å². The molecule has 0 fully saturated rings. The molecule has 1 aliphatic rings. The lowest BCUT2D eigenvalue weighted by Crippen LogP contribution is -2.44. The Labute approximate surface area is 203 Å². The number of benzene rings is 1. The number of hydrogen-bond donors (Lipinski definition) is 5. The molecule has 204 valence electrons. The SMILES string of the molecule is O=c1ccn([C@@H]2O[C@H](COP(=O)(O)C(F)(F)P(=O)(O)O)C(O)=C2O)c(=O)n1CC(F)(F)c1ccccc1. The van der Waals surface area contributed by atoms with Gasteiger partial charge in [0.05, 0.1) is 13.2 Å². The second-order valence-corrected chi connectivity index (χ2v) is 11.5. The van der Waals surface area contributed by atoms with E-state index in [1.165, 1.54) is 18.2 Å². The van der Waals surface area contributed by atoms with Crippen LogP contribution in [0.25, 0.3) is 0 Å². The summed E-state index contributed by atoms with van der Waals surface area (Å²) in [4.78, 5) is 51.4. The van der Waals surface area contributed by atoms with E-state index >= 15 is 0 Å². The molecule has 3 rings (SSSR count). The van der Waals surface area contributed by atoms with Crippen LogP contribution in [0, 0.1) is 0 Å². The topological polar surface area (TPSA) is 198 Å². The second kappa shape index (κ2) is 9.83. The lowest BCUT2D eigenvalue weighted by molar-refractivity contribution is -0.0414. The number of nitrogens with zero attached hydrogens (tertiary/aromatic N) is 2. The molecular weight excluding hydrogens is 558 g/mol. The van der Waals surface area contributed by atoms with Gasteiger partial charge in [0.15, 0.2) is 17.7 Å². The van der Waals surface area contributed by atoms with Crippen molar-refractivity contribution in [1.82, 2.24) is 9.13 Å². The molecule has 0 amide bonds. The molecule has 1 aromatic carbocycles. The molecule has 0 saturated heterocycles. The highest BCUT2D eigenvalue weighted by Crippen LogP contribution is 2.73. The van der Waals surface area contributed by atoms with Gasteiger partial charge in [0, 0.05) is 17.8 Å². The van der Waals surface area contributed by atoms with E-state index in [1.807, 2.05) is 0 Å². The average Bonchev–Trinajstić information content (AvgIpc) is 3.09. The van der Waals surface area contributed by atoms with Gasteiger partial charge in [-0.3, -0.25) is 23.1 Å². The summed E-state index contributed by atoms with van der Waals surface area (Å²) in [6, 6.07) is 6.83. The Morgan fingerprint density at radius 2 is 1.57 bits per heavy atom. The van der Waals surface area contributed by atoms with Gasteiger partial charge in [-0.25, -0.2) is 4.79 Å². The van der Waals surface area contributed by atoms with Crippen LogP contribution in [0.2, 0.25) is 0 Å². The minimum atomic E-state index is -6.47. The Morgan fingerprint density at radius 1 is 0.973 bits per heavy atom. The van der Waals surface area contributed by atoms with Gasteiger partial charge in [-0.2, -0.15) is 17.6 Å². The van der Waals surface area contributed by atoms with Crippen molar-refractivity contribution in [3.8, 4) is 0 Å². The van der Waals surface area contributed by atoms with E-state index in [0.29, 0.717) is 16.8 Å². The molecule has 1 aromatic heterocycles. The van der Waals surface area contributed by atoms with Gasteiger partial charge >= 0.3 is 26.3 Å². The maximum atomic E-state index is 14.7. The van der Waals surface area contributed by atoms with Crippen LogP contribution in [-0.2, 0) is 30.9 Å². The lowest BCUT2D eigenvalue weighted by atomic mass is 10.1. The third-order valence-electron chi connectivity index (χ3n) is 5.09. The number of aliphatic hydroxyl groups excluding tert-OH is 2. The number of aromatic nitrogens is 2. The standard InChI is InChI=1S/C18H18F4N2O11P2/c19-17(20,10-4-2-1-3-5-10)9-24-12(25)6-7-23(16(24)28)15-14(27)13(26)11(35-15)8-34-37(32,33)18(21,22)36(29,30)31/h1-7,11,15,26-27H,8-9H2,(H,32,33)(H2,29,30,31)/t11-,15-/m1/s1. The van der Waals surface area contributed by atoms with Crippen LogP contribution < -0.4 is 11.2 Å². The third kappa shape index (κ3) is 5.43. The molecule has 2 aromatic rings. The van der Waals surface area contributed by atoms with Gasteiger partial charge in [0.2, 0.25) is 0 Å². The summed E-state index contributed by atoms with van der Waals surface area (Å²) in [5.74, 6) is -6.09. The zero-order valence-electron chi connectivity index (χ0n) is 18.1. The van der Waals surface area contributed by atoms with E-state index in [9.17, 15) is 51.4 Å². The largest absolute Gasteiger partial charge is 0.506 e. The maximum Gasteiger partial charge on any atom is 0.443 e. The van der Waals surface area contributed by atoms with Crippen LogP contribution >= 0.6 is 15.2 Å². The van der Waals surface area contributed by atoms with Gasteiger partial charge in [-0.1, -0.05) is 30.3 Å². The van der Waals surface area contributed by atoms with Crippen molar-refractivity contribution in [2.75, 3.05) is 6.61 Å². The highest BCUT2D eigenvalue weighted by atomic mass is 31.2. The number of halogens is 4. The summed E-state index contributed by atoms with van der Waals surface area (Å²) in [6.45, 7) is -2.91. The van der Waals surface area contributed by atoms with Crippen LogP contribution in [0.4, 0.5) is 17.6 Å². The Hall–Kier alpha value is -2.78. The highest BCUT2D eigenvalue weighted by molar-refractivity contribution is 7.72. The molecule has 1 aliphatic heterocycles. The van der Waals surface area contributed by atoms with Crippen molar-refractivity contribution in [3.63, 3.8) is 0 Å². The molecule has 13 nitrogen and oxygen atoms in total. The molecule has 0 radical (unpaired) electrons. The molecule has 19 heteroatoms. The Bertz CT molecular complexity index is 1420. The van der Waals surface area contributed by atoms with Gasteiger partial charge in [0.1, 0.15) is 6.10 Å². The molecule has 0 spiro atoms. The summed E-state index contributed by atoms with van der Waals surface area (Å²) >= 11 is 0. The molecule has 0 aliphatic carbocycles. The first-order valence-electron chi connectivity index (χ1n) is 9.84. The Morgan fingerprint density at radius 3 is 2.14 bits per heavy atom. The molecule has 1 unspecified atom stereocenters. The Kier molecular flexibility index (Phi) is 7.65. The fourth-order valence-corrected chi connectivity index (χ4v) is 5.11. The summed E-state index contributed by atoms with van der Waals surface area (Å²) in [6.07, 6.45) is -3.35. The van der Waals surface area contributed by atoms with Crippen molar-refractivity contribution in [2.24, 2.45) is 0 Å². The summed E-state index contributed by atoms with van der Waals surface area (Å²) in [5, 5.41) is 14.6. The van der Waals surface area contributed by atoms with E-state index in [4.69, 9.17) is 14.5 Å². The quantitative estimate of drug-likeness (QED) is 0.216. The van der Waals surface area contributed by atoms with Gasteiger partial charge in [0.25, 0.3) is 11.5 Å². The van der Waals surface area contributed by atoms with Crippen LogP contribution in [0.15, 0.2) is 63.7 Å². The first-order valence-corrected chi connectivity index (χ1v) is 13.0. The summed E-state index contributed by atoms with van der Waals surface area (Å²) < 4.78 is 88.6. The maximum absolute atomic E-state index is 14.7. The van der Waals surface area contributed by atoms with E-state index in [-0.39, 0.29) is 4.57 Å². The smallest absolute Gasteiger partial charge is 0.443 e. The van der Waals surface area contributed by atoms with Crippen LogP contribution in [0.1, 0.15) is 11.8 Å². The number of aliphatic hydroxyl groups is 2. The summed E-state index contributed by atoms with van der Waals surface area (Å²) in [5.41, 5.74) is -3.13. The van der Waals surface area contributed by atoms with Crippen LogP contribution in [-0.4, -0.2) is 52.1 Å². The molecule has 2 heterocycles. The van der Waals surface area contributed by atoms with Gasteiger partial charge in [-0.05, 0) is 0 Å². The zero-order chi connectivity index (χ0) is 28.0. The second-order valence-electron chi connectivity index (χ2n) is 7.62. The predicted molar refractivity (Wildman–Crippen MR) is 114 cm³/mol. The number of rotatable bonds is 9. The average molecular weight is 576 g/mol. The van der Waals surface area contributed by atoms with Crippen molar-refractivity contribution in [3.05, 3.63) is 80.5 Å². The lowest BCUT2D eigenvalue weighted by Gasteiger charge is -2.24. The number of hydrogen-bond acceptors (Lipinski definition) is 8. The molecule has 5 N–H and O–H groups in total. The molecule has 0 saturated carbocycles. The predicted octanol–water partition coefficient (Wildman–Crippen LogP) is 1.96. The highest BCUT2D eigenvalue weighted by Gasteiger charge is 2.65.